The van der Waals surface area contributed by atoms with E-state index in [2.05, 4.69) is 6.92 Å². The number of unbranched alkanes of at least 4 members (excludes halogenated alkanes) is 2. The van der Waals surface area contributed by atoms with E-state index in [0.29, 0.717) is 13.0 Å². The summed E-state index contributed by atoms with van der Waals surface area (Å²) < 4.78 is 0. The fourth-order valence-corrected chi connectivity index (χ4v) is 3.29. The maximum absolute atomic E-state index is 13.1. The van der Waals surface area contributed by atoms with E-state index >= 15 is 0 Å². The summed E-state index contributed by atoms with van der Waals surface area (Å²) >= 11 is 0. The molecule has 0 aliphatic heterocycles. The molecule has 0 unspecified atom stereocenters. The lowest BCUT2D eigenvalue weighted by Crippen LogP contribution is -2.53. The summed E-state index contributed by atoms with van der Waals surface area (Å²) in [6, 6.07) is 17.3. The summed E-state index contributed by atoms with van der Waals surface area (Å²) in [4.78, 5) is 26.6. The minimum absolute atomic E-state index is 0.270. The average Bonchev–Trinajstić information content (AvgIpc) is 2.71. The Bertz CT molecular complexity index is 734. The second kappa shape index (κ2) is 11.2. The molecule has 5 nitrogen and oxygen atoms in total. The van der Waals surface area contributed by atoms with Crippen LogP contribution in [0.4, 0.5) is 0 Å². The summed E-state index contributed by atoms with van der Waals surface area (Å²) in [5.74, 6) is -1.30. The Morgan fingerprint density at radius 1 is 0.929 bits per heavy atom. The minimum Gasteiger partial charge on any atom is -0.480 e. The van der Waals surface area contributed by atoms with Crippen LogP contribution in [0.5, 0.6) is 0 Å². The minimum atomic E-state index is -0.999. The molecule has 0 radical (unpaired) electrons. The lowest BCUT2D eigenvalue weighted by Gasteiger charge is -2.31. The van der Waals surface area contributed by atoms with E-state index in [9.17, 15) is 14.7 Å². The van der Waals surface area contributed by atoms with E-state index in [1.54, 1.807) is 0 Å². The van der Waals surface area contributed by atoms with Crippen molar-refractivity contribution in [2.45, 2.75) is 51.1 Å². The van der Waals surface area contributed by atoms with Gasteiger partial charge in [0, 0.05) is 13.0 Å². The van der Waals surface area contributed by atoms with E-state index in [4.69, 9.17) is 5.73 Å². The van der Waals surface area contributed by atoms with Gasteiger partial charge in [-0.15, -0.1) is 0 Å². The molecule has 0 heterocycles. The highest BCUT2D eigenvalue weighted by Gasteiger charge is 2.32. The number of carboxylic acids is 1. The second-order valence-electron chi connectivity index (χ2n) is 7.08. The molecule has 28 heavy (non-hydrogen) atoms. The van der Waals surface area contributed by atoms with Gasteiger partial charge >= 0.3 is 5.97 Å². The maximum Gasteiger partial charge on any atom is 0.326 e. The zero-order valence-corrected chi connectivity index (χ0v) is 16.5. The molecule has 150 valence electrons. The van der Waals surface area contributed by atoms with Crippen molar-refractivity contribution in [3.05, 3.63) is 71.8 Å². The molecule has 3 N–H and O–H groups in total. The first-order chi connectivity index (χ1) is 13.5. The van der Waals surface area contributed by atoms with Gasteiger partial charge < -0.3 is 15.7 Å². The monoisotopic (exact) mass is 382 g/mol. The fourth-order valence-electron chi connectivity index (χ4n) is 3.29. The zero-order valence-electron chi connectivity index (χ0n) is 16.5. The average molecular weight is 383 g/mol. The summed E-state index contributed by atoms with van der Waals surface area (Å²) in [7, 11) is 0. The molecular weight excluding hydrogens is 352 g/mol. The highest BCUT2D eigenvalue weighted by Crippen LogP contribution is 2.14. The number of aliphatic carboxylic acids is 1. The van der Waals surface area contributed by atoms with Crippen molar-refractivity contribution in [2.75, 3.05) is 6.54 Å². The third kappa shape index (κ3) is 6.50. The van der Waals surface area contributed by atoms with Gasteiger partial charge in [0.05, 0.1) is 6.04 Å². The van der Waals surface area contributed by atoms with Gasteiger partial charge in [-0.05, 0) is 24.0 Å². The summed E-state index contributed by atoms with van der Waals surface area (Å²) in [5, 5.41) is 9.85. The molecule has 0 aliphatic rings. The summed E-state index contributed by atoms with van der Waals surface area (Å²) in [5.41, 5.74) is 8.05. The first kappa shape index (κ1) is 21.6. The normalized spacial score (nSPS) is 12.9. The highest BCUT2D eigenvalue weighted by atomic mass is 16.4. The third-order valence-electron chi connectivity index (χ3n) is 4.83. The Labute approximate surface area is 167 Å². The number of benzene rings is 2. The number of hydrogen-bond acceptors (Lipinski definition) is 3. The first-order valence-electron chi connectivity index (χ1n) is 9.89. The molecule has 0 saturated heterocycles. The Hall–Kier alpha value is -2.66. The number of rotatable bonds is 11. The topological polar surface area (TPSA) is 83.6 Å². The van der Waals surface area contributed by atoms with Gasteiger partial charge in [0.1, 0.15) is 6.04 Å². The van der Waals surface area contributed by atoms with Gasteiger partial charge in [0.2, 0.25) is 5.91 Å². The van der Waals surface area contributed by atoms with Gasteiger partial charge in [0.25, 0.3) is 0 Å². The molecule has 0 fully saturated rings. The van der Waals surface area contributed by atoms with Crippen molar-refractivity contribution in [3.63, 3.8) is 0 Å². The van der Waals surface area contributed by atoms with E-state index in [-0.39, 0.29) is 12.3 Å². The number of nitrogens with two attached hydrogens (primary N) is 1. The lowest BCUT2D eigenvalue weighted by molar-refractivity contribution is -0.150. The van der Waals surface area contributed by atoms with Crippen molar-refractivity contribution in [3.8, 4) is 0 Å². The smallest absolute Gasteiger partial charge is 0.326 e. The van der Waals surface area contributed by atoms with Gasteiger partial charge in [-0.1, -0.05) is 80.4 Å². The van der Waals surface area contributed by atoms with Crippen LogP contribution in [-0.2, 0) is 22.4 Å². The van der Waals surface area contributed by atoms with E-state index in [0.717, 1.165) is 30.4 Å². The van der Waals surface area contributed by atoms with Crippen LogP contribution in [0, 0.1) is 0 Å². The third-order valence-corrected chi connectivity index (χ3v) is 4.83. The second-order valence-corrected chi connectivity index (χ2v) is 7.08. The van der Waals surface area contributed by atoms with Crippen LogP contribution in [0.3, 0.4) is 0 Å². The van der Waals surface area contributed by atoms with E-state index in [1.165, 1.54) is 4.90 Å². The zero-order chi connectivity index (χ0) is 20.4. The van der Waals surface area contributed by atoms with Crippen LogP contribution in [0.1, 0.15) is 37.3 Å². The maximum atomic E-state index is 13.1. The van der Waals surface area contributed by atoms with Crippen molar-refractivity contribution < 1.29 is 14.7 Å². The Morgan fingerprint density at radius 3 is 1.96 bits per heavy atom. The summed E-state index contributed by atoms with van der Waals surface area (Å²) in [6.07, 6.45) is 3.36. The SMILES string of the molecule is CCCCCN(C(=O)[C@@H](N)Cc1ccccc1)[C@@H](Cc1ccccc1)C(=O)O. The van der Waals surface area contributed by atoms with E-state index in [1.807, 2.05) is 60.7 Å². The summed E-state index contributed by atoms with van der Waals surface area (Å²) in [6.45, 7) is 2.48. The van der Waals surface area contributed by atoms with E-state index < -0.39 is 18.1 Å². The standard InChI is InChI=1S/C23H30N2O3/c1-2-3-10-15-25(21(23(27)28)17-19-13-8-5-9-14-19)22(26)20(24)16-18-11-6-4-7-12-18/h4-9,11-14,20-21H,2-3,10,15-17,24H2,1H3,(H,27,28)/t20-,21-/m0/s1. The molecule has 0 bridgehead atoms. The molecule has 5 heteroatoms. The predicted octanol–water partition coefficient (Wildman–Crippen LogP) is 3.27. The number of carbonyl (C=O) groups excluding carboxylic acids is 1. The number of carbonyl (C=O) groups is 2. The van der Waals surface area contributed by atoms with Crippen LogP contribution >= 0.6 is 0 Å². The Morgan fingerprint density at radius 2 is 1.46 bits per heavy atom. The molecule has 1 amide bonds. The lowest BCUT2D eigenvalue weighted by atomic mass is 10.0. The van der Waals surface area contributed by atoms with Crippen LogP contribution < -0.4 is 5.73 Å². The van der Waals surface area contributed by atoms with Gasteiger partial charge in [-0.2, -0.15) is 0 Å². The van der Waals surface area contributed by atoms with Gasteiger partial charge in [-0.3, -0.25) is 4.79 Å². The molecule has 2 rings (SSSR count). The quantitative estimate of drug-likeness (QED) is 0.584. The number of hydrogen-bond donors (Lipinski definition) is 2. The fraction of sp³-hybridized carbons (Fsp3) is 0.391. The van der Waals surface area contributed by atoms with Gasteiger partial charge in [0.15, 0.2) is 0 Å². The predicted molar refractivity (Wildman–Crippen MR) is 111 cm³/mol. The van der Waals surface area contributed by atoms with Crippen LogP contribution in [-0.4, -0.2) is 40.5 Å². The molecule has 0 aliphatic carbocycles. The van der Waals surface area contributed by atoms with Crippen LogP contribution in [0.15, 0.2) is 60.7 Å². The van der Waals surface area contributed by atoms with Crippen molar-refractivity contribution in [1.29, 1.82) is 0 Å². The van der Waals surface area contributed by atoms with Crippen molar-refractivity contribution in [1.82, 2.24) is 4.90 Å². The van der Waals surface area contributed by atoms with Crippen LogP contribution in [0.25, 0.3) is 0 Å². The van der Waals surface area contributed by atoms with Gasteiger partial charge in [-0.25, -0.2) is 4.79 Å². The molecule has 0 spiro atoms. The number of carboxylic acid groups (broad SMARTS) is 1. The first-order valence-corrected chi connectivity index (χ1v) is 9.89. The Kier molecular flexibility index (Phi) is 8.69. The molecule has 2 aromatic carbocycles. The molecule has 2 aromatic rings. The number of nitrogens with zero attached hydrogens (tertiary/aromatic N) is 1. The molecule has 0 aromatic heterocycles. The molecular formula is C23H30N2O3. The highest BCUT2D eigenvalue weighted by molar-refractivity contribution is 5.87. The van der Waals surface area contributed by atoms with Crippen molar-refractivity contribution in [2.24, 2.45) is 5.73 Å². The molecule has 2 atom stereocenters. The number of amides is 1. The Balaban J connectivity index is 2.19. The molecule has 0 saturated carbocycles. The van der Waals surface area contributed by atoms with Crippen molar-refractivity contribution >= 4 is 11.9 Å². The largest absolute Gasteiger partial charge is 0.480 e. The van der Waals surface area contributed by atoms with Crippen LogP contribution in [0.2, 0.25) is 0 Å².